The van der Waals surface area contributed by atoms with Gasteiger partial charge in [-0.1, -0.05) is 25.0 Å². The van der Waals surface area contributed by atoms with Crippen LogP contribution in [0.25, 0.3) is 55.6 Å². The number of H-pyrrole nitrogens is 2. The number of hydrogen-bond donors (Lipinski definition) is 3. The van der Waals surface area contributed by atoms with Crippen molar-refractivity contribution in [1.82, 2.24) is 35.5 Å². The van der Waals surface area contributed by atoms with Crippen LogP contribution in [-0.4, -0.2) is 36.7 Å². The van der Waals surface area contributed by atoms with Crippen molar-refractivity contribution in [3.8, 4) is 33.6 Å². The van der Waals surface area contributed by atoms with E-state index in [-0.39, 0.29) is 5.82 Å². The first-order chi connectivity index (χ1) is 19.2. The maximum Gasteiger partial charge on any atom is 0.155 e. The molecule has 0 aliphatic heterocycles. The minimum Gasteiger partial charge on any atom is -0.352 e. The van der Waals surface area contributed by atoms with Gasteiger partial charge in [0.15, 0.2) is 5.65 Å². The monoisotopic (exact) mass is 517 g/mol. The Hall–Kier alpha value is -4.43. The van der Waals surface area contributed by atoms with Gasteiger partial charge in [0.2, 0.25) is 0 Å². The number of benzene rings is 1. The topological polar surface area (TPSA) is 95.2 Å². The molecule has 1 saturated carbocycles. The van der Waals surface area contributed by atoms with Crippen LogP contribution in [-0.2, 0) is 6.54 Å². The van der Waals surface area contributed by atoms with E-state index in [4.69, 9.17) is 0 Å². The number of aromatic nitrogens is 6. The minimum atomic E-state index is -0.277. The average molecular weight is 518 g/mol. The van der Waals surface area contributed by atoms with Gasteiger partial charge in [0.05, 0.1) is 17.4 Å². The first-order valence-corrected chi connectivity index (χ1v) is 13.4. The molecule has 0 amide bonds. The summed E-state index contributed by atoms with van der Waals surface area (Å²) in [5.41, 5.74) is 7.96. The van der Waals surface area contributed by atoms with Crippen LogP contribution in [0.3, 0.4) is 0 Å². The number of pyridine rings is 3. The van der Waals surface area contributed by atoms with Crippen molar-refractivity contribution in [3.63, 3.8) is 0 Å². The predicted octanol–water partition coefficient (Wildman–Crippen LogP) is 6.65. The Morgan fingerprint density at radius 2 is 1.74 bits per heavy atom. The van der Waals surface area contributed by atoms with Crippen LogP contribution < -0.4 is 5.32 Å². The molecule has 39 heavy (non-hydrogen) atoms. The summed E-state index contributed by atoms with van der Waals surface area (Å²) in [5, 5.41) is 13.1. The summed E-state index contributed by atoms with van der Waals surface area (Å²) in [6.07, 6.45) is 14.6. The van der Waals surface area contributed by atoms with E-state index in [1.807, 2.05) is 30.7 Å². The van der Waals surface area contributed by atoms with Gasteiger partial charge < -0.3 is 10.3 Å². The van der Waals surface area contributed by atoms with Gasteiger partial charge in [0.1, 0.15) is 11.5 Å². The summed E-state index contributed by atoms with van der Waals surface area (Å²) in [4.78, 5) is 17.0. The maximum absolute atomic E-state index is 13.9. The highest BCUT2D eigenvalue weighted by molar-refractivity contribution is 6.00. The van der Waals surface area contributed by atoms with E-state index in [0.717, 1.165) is 74.5 Å². The molecule has 8 heteroatoms. The second-order valence-electron chi connectivity index (χ2n) is 10.4. The molecule has 1 fully saturated rings. The molecule has 1 aliphatic carbocycles. The van der Waals surface area contributed by atoms with Gasteiger partial charge >= 0.3 is 0 Å². The predicted molar refractivity (Wildman–Crippen MR) is 151 cm³/mol. The summed E-state index contributed by atoms with van der Waals surface area (Å²) < 4.78 is 13.9. The Bertz CT molecular complexity index is 1780. The Morgan fingerprint density at radius 1 is 0.872 bits per heavy atom. The van der Waals surface area contributed by atoms with Crippen molar-refractivity contribution in [2.24, 2.45) is 5.92 Å². The molecule has 0 spiro atoms. The summed E-state index contributed by atoms with van der Waals surface area (Å²) in [6.45, 7) is 1.87. The van der Waals surface area contributed by atoms with Gasteiger partial charge in [-0.2, -0.15) is 5.10 Å². The fraction of sp³-hybridized carbons (Fsp3) is 0.226. The molecule has 1 aromatic carbocycles. The average Bonchev–Trinajstić information content (AvgIpc) is 3.72. The number of aromatic amines is 2. The van der Waals surface area contributed by atoms with Crippen molar-refractivity contribution in [1.29, 1.82) is 0 Å². The number of halogens is 1. The van der Waals surface area contributed by atoms with Gasteiger partial charge in [-0.3, -0.25) is 15.1 Å². The zero-order chi connectivity index (χ0) is 26.2. The SMILES string of the molecule is Fc1cccc(-c2cncc3[nH]c(-c4n[nH]c5ncc(-c6cncc(CNCC7CCCC7)c6)cc45)cc23)c1. The van der Waals surface area contributed by atoms with Crippen LogP contribution in [0, 0.1) is 11.7 Å². The van der Waals surface area contributed by atoms with Crippen LogP contribution >= 0.6 is 0 Å². The Labute approximate surface area is 224 Å². The zero-order valence-corrected chi connectivity index (χ0v) is 21.4. The summed E-state index contributed by atoms with van der Waals surface area (Å²) in [6, 6.07) is 12.9. The second kappa shape index (κ2) is 10.0. The normalized spacial score (nSPS) is 14.1. The van der Waals surface area contributed by atoms with E-state index in [2.05, 4.69) is 47.6 Å². The fourth-order valence-corrected chi connectivity index (χ4v) is 5.71. The number of hydrogen-bond acceptors (Lipinski definition) is 5. The van der Waals surface area contributed by atoms with Crippen LogP contribution in [0.4, 0.5) is 4.39 Å². The lowest BCUT2D eigenvalue weighted by Gasteiger charge is -2.11. The largest absolute Gasteiger partial charge is 0.352 e. The first-order valence-electron chi connectivity index (χ1n) is 13.4. The summed E-state index contributed by atoms with van der Waals surface area (Å²) in [5.74, 6) is 0.526. The standard InChI is InChI=1S/C31H28FN7/c32-24-7-3-6-21(9-24)27-17-35-18-29-25(27)11-28(37-29)30-26-10-23(16-36-31(26)39-38-30)22-8-20(14-34-15-22)13-33-12-19-4-1-2-5-19/h3,6-11,14-19,33,37H,1-2,4-5,12-13H2,(H,36,38,39). The molecule has 1 aliphatic rings. The van der Waals surface area contributed by atoms with Crippen molar-refractivity contribution < 1.29 is 4.39 Å². The van der Waals surface area contributed by atoms with E-state index in [9.17, 15) is 4.39 Å². The molecule has 194 valence electrons. The minimum absolute atomic E-state index is 0.277. The smallest absolute Gasteiger partial charge is 0.155 e. The third-order valence-corrected chi connectivity index (χ3v) is 7.72. The van der Waals surface area contributed by atoms with E-state index >= 15 is 0 Å². The van der Waals surface area contributed by atoms with E-state index in [1.54, 1.807) is 18.5 Å². The molecule has 3 N–H and O–H groups in total. The lowest BCUT2D eigenvalue weighted by atomic mass is 10.0. The molecule has 0 atom stereocenters. The molecule has 0 bridgehead atoms. The highest BCUT2D eigenvalue weighted by atomic mass is 19.1. The van der Waals surface area contributed by atoms with E-state index < -0.39 is 0 Å². The first kappa shape index (κ1) is 23.7. The van der Waals surface area contributed by atoms with Crippen molar-refractivity contribution >= 4 is 21.9 Å². The Morgan fingerprint density at radius 3 is 2.64 bits per heavy atom. The van der Waals surface area contributed by atoms with Crippen LogP contribution in [0.15, 0.2) is 73.4 Å². The number of nitrogens with zero attached hydrogens (tertiary/aromatic N) is 4. The molecule has 5 heterocycles. The molecule has 0 radical (unpaired) electrons. The quantitative estimate of drug-likeness (QED) is 0.220. The van der Waals surface area contributed by atoms with E-state index in [0.29, 0.717) is 5.65 Å². The highest BCUT2D eigenvalue weighted by Gasteiger charge is 2.16. The maximum atomic E-state index is 13.9. The van der Waals surface area contributed by atoms with Crippen molar-refractivity contribution in [2.75, 3.05) is 6.54 Å². The lowest BCUT2D eigenvalue weighted by molar-refractivity contribution is 0.489. The molecule has 0 unspecified atom stereocenters. The van der Waals surface area contributed by atoms with Gasteiger partial charge in [0, 0.05) is 58.8 Å². The summed E-state index contributed by atoms with van der Waals surface area (Å²) >= 11 is 0. The number of fused-ring (bicyclic) bond motifs is 2. The van der Waals surface area contributed by atoms with Gasteiger partial charge in [-0.25, -0.2) is 9.37 Å². The van der Waals surface area contributed by atoms with Crippen LogP contribution in [0.5, 0.6) is 0 Å². The molecular formula is C31H28FN7. The van der Waals surface area contributed by atoms with E-state index in [1.165, 1.54) is 37.8 Å². The molecule has 5 aromatic heterocycles. The van der Waals surface area contributed by atoms with Crippen LogP contribution in [0.1, 0.15) is 31.2 Å². The molecule has 0 saturated heterocycles. The molecule has 7 rings (SSSR count). The van der Waals surface area contributed by atoms with Gasteiger partial charge in [0.25, 0.3) is 0 Å². The van der Waals surface area contributed by atoms with Gasteiger partial charge in [-0.15, -0.1) is 0 Å². The Balaban J connectivity index is 1.20. The van der Waals surface area contributed by atoms with Crippen molar-refractivity contribution in [2.45, 2.75) is 32.2 Å². The van der Waals surface area contributed by atoms with Crippen LogP contribution in [0.2, 0.25) is 0 Å². The molecule has 6 aromatic rings. The zero-order valence-electron chi connectivity index (χ0n) is 21.4. The Kier molecular flexibility index (Phi) is 6.09. The molecular weight excluding hydrogens is 489 g/mol. The van der Waals surface area contributed by atoms with Gasteiger partial charge in [-0.05, 0) is 66.8 Å². The third kappa shape index (κ3) is 4.68. The summed E-state index contributed by atoms with van der Waals surface area (Å²) in [7, 11) is 0. The number of rotatable bonds is 7. The lowest BCUT2D eigenvalue weighted by Crippen LogP contribution is -2.20. The second-order valence-corrected chi connectivity index (χ2v) is 10.4. The fourth-order valence-electron chi connectivity index (χ4n) is 5.71. The number of nitrogens with one attached hydrogen (secondary N) is 3. The third-order valence-electron chi connectivity index (χ3n) is 7.72. The molecule has 7 nitrogen and oxygen atoms in total. The van der Waals surface area contributed by atoms with Crippen molar-refractivity contribution in [3.05, 3.63) is 84.8 Å². The highest BCUT2D eigenvalue weighted by Crippen LogP contribution is 2.34.